The summed E-state index contributed by atoms with van der Waals surface area (Å²) in [6, 6.07) is 3.07. The van der Waals surface area contributed by atoms with Crippen LogP contribution in [0.15, 0.2) is 28.2 Å². The molecule has 0 fully saturated rings. The van der Waals surface area contributed by atoms with Gasteiger partial charge < -0.3 is 5.32 Å². The number of halogens is 4. The molecule has 11 heteroatoms. The number of benzene rings is 1. The third-order valence-electron chi connectivity index (χ3n) is 4.63. The number of rotatable bonds is 5. The monoisotopic (exact) mass is 489 g/mol. The number of hydrogen-bond donors (Lipinski definition) is 1. The van der Waals surface area contributed by atoms with Crippen LogP contribution in [0.3, 0.4) is 0 Å². The molecule has 0 unspecified atom stereocenters. The fourth-order valence-corrected chi connectivity index (χ4v) is 5.26. The first-order valence-corrected chi connectivity index (χ1v) is 11.4. The van der Waals surface area contributed by atoms with E-state index in [1.54, 1.807) is 0 Å². The molecule has 3 aromatic rings. The average molecular weight is 490 g/mol. The first kappa shape index (κ1) is 23.6. The normalized spacial score (nSPS) is 12.0. The van der Waals surface area contributed by atoms with Crippen molar-refractivity contribution in [1.82, 2.24) is 9.55 Å². The molecule has 0 atom stereocenters. The number of alkyl halides is 3. The number of carbonyl (C=O) groups excluding carboxylic acids is 1. The number of amides is 1. The van der Waals surface area contributed by atoms with Crippen LogP contribution < -0.4 is 10.9 Å². The molecule has 5 nitrogen and oxygen atoms in total. The average Bonchev–Trinajstić information content (AvgIpc) is 2.94. The Labute approximate surface area is 189 Å². The number of nitrogens with one attached hydrogen (secondary N) is 1. The summed E-state index contributed by atoms with van der Waals surface area (Å²) in [6.07, 6.45) is -4.67. The molecule has 0 aliphatic heterocycles. The Kier molecular flexibility index (Phi) is 6.73. The SMILES string of the molecule is Cc1sc2nc(SCC(=O)Nc3c(Cl)cccc3C(F)(F)F)n(C(C)C)c(=O)c2c1C. The Morgan fingerprint density at radius 1 is 1.32 bits per heavy atom. The molecule has 0 bridgehead atoms. The molecule has 3 rings (SSSR count). The molecular formula is C20H19ClF3N3O2S2. The molecule has 2 aromatic heterocycles. The predicted molar refractivity (Wildman–Crippen MR) is 120 cm³/mol. The Bertz CT molecular complexity index is 1220. The van der Waals surface area contributed by atoms with Crippen molar-refractivity contribution in [1.29, 1.82) is 0 Å². The van der Waals surface area contributed by atoms with Gasteiger partial charge in [0.05, 0.1) is 27.4 Å². The molecule has 1 aromatic carbocycles. The Morgan fingerprint density at radius 3 is 2.61 bits per heavy atom. The highest BCUT2D eigenvalue weighted by Crippen LogP contribution is 2.38. The quantitative estimate of drug-likeness (QED) is 0.349. The van der Waals surface area contributed by atoms with Gasteiger partial charge in [-0.15, -0.1) is 11.3 Å². The van der Waals surface area contributed by atoms with Gasteiger partial charge in [0.25, 0.3) is 5.56 Å². The van der Waals surface area contributed by atoms with Crippen LogP contribution in [0.5, 0.6) is 0 Å². The Morgan fingerprint density at radius 2 is 2.00 bits per heavy atom. The lowest BCUT2D eigenvalue weighted by molar-refractivity contribution is -0.137. The van der Waals surface area contributed by atoms with Crippen molar-refractivity contribution in [2.75, 3.05) is 11.1 Å². The van der Waals surface area contributed by atoms with E-state index < -0.39 is 23.3 Å². The zero-order valence-electron chi connectivity index (χ0n) is 17.1. The maximum atomic E-state index is 13.2. The summed E-state index contributed by atoms with van der Waals surface area (Å²) in [5.41, 5.74) is -0.840. The summed E-state index contributed by atoms with van der Waals surface area (Å²) in [4.78, 5) is 31.6. The molecule has 0 spiro atoms. The molecule has 0 aliphatic carbocycles. The molecule has 1 amide bonds. The minimum Gasteiger partial charge on any atom is -0.324 e. The summed E-state index contributed by atoms with van der Waals surface area (Å²) >= 11 is 8.27. The van der Waals surface area contributed by atoms with E-state index in [-0.39, 0.29) is 22.4 Å². The van der Waals surface area contributed by atoms with E-state index in [1.807, 2.05) is 27.7 Å². The third-order valence-corrected chi connectivity index (χ3v) is 7.00. The lowest BCUT2D eigenvalue weighted by atomic mass is 10.1. The van der Waals surface area contributed by atoms with Gasteiger partial charge in [-0.3, -0.25) is 14.2 Å². The van der Waals surface area contributed by atoms with Crippen LogP contribution in [-0.2, 0) is 11.0 Å². The zero-order valence-corrected chi connectivity index (χ0v) is 19.4. The van der Waals surface area contributed by atoms with Crippen molar-refractivity contribution < 1.29 is 18.0 Å². The molecule has 0 saturated heterocycles. The number of thiophene rings is 1. The van der Waals surface area contributed by atoms with Crippen molar-refractivity contribution >= 4 is 56.5 Å². The van der Waals surface area contributed by atoms with Crippen LogP contribution in [0.2, 0.25) is 5.02 Å². The van der Waals surface area contributed by atoms with Crippen LogP contribution in [0.25, 0.3) is 10.2 Å². The molecule has 1 N–H and O–H groups in total. The lowest BCUT2D eigenvalue weighted by Gasteiger charge is -2.16. The minimum atomic E-state index is -4.67. The van der Waals surface area contributed by atoms with Crippen LogP contribution >= 0.6 is 34.7 Å². The number of thioether (sulfide) groups is 1. The number of nitrogens with zero attached hydrogens (tertiary/aromatic N) is 2. The number of fused-ring (bicyclic) bond motifs is 1. The van der Waals surface area contributed by atoms with Crippen molar-refractivity contribution in [2.24, 2.45) is 0 Å². The number of aromatic nitrogens is 2. The van der Waals surface area contributed by atoms with Gasteiger partial charge in [-0.05, 0) is 45.4 Å². The maximum Gasteiger partial charge on any atom is 0.418 e. The van der Waals surface area contributed by atoms with Crippen LogP contribution in [-0.4, -0.2) is 21.2 Å². The molecule has 166 valence electrons. The Balaban J connectivity index is 1.90. The molecule has 31 heavy (non-hydrogen) atoms. The number of hydrogen-bond acceptors (Lipinski definition) is 5. The second kappa shape index (κ2) is 8.84. The third kappa shape index (κ3) is 4.75. The van der Waals surface area contributed by atoms with E-state index in [4.69, 9.17) is 11.6 Å². The summed E-state index contributed by atoms with van der Waals surface area (Å²) in [6.45, 7) is 7.42. The lowest BCUT2D eigenvalue weighted by Crippen LogP contribution is -2.26. The number of para-hydroxylation sites is 1. The summed E-state index contributed by atoms with van der Waals surface area (Å²) in [5.74, 6) is -0.928. The fourth-order valence-electron chi connectivity index (χ4n) is 3.04. The van der Waals surface area contributed by atoms with Crippen molar-refractivity contribution in [3.8, 4) is 0 Å². The van der Waals surface area contributed by atoms with Crippen LogP contribution in [0, 0.1) is 13.8 Å². The van der Waals surface area contributed by atoms with E-state index in [0.717, 1.165) is 28.3 Å². The highest BCUT2D eigenvalue weighted by atomic mass is 35.5. The van der Waals surface area contributed by atoms with E-state index in [2.05, 4.69) is 10.3 Å². The standard InChI is InChI=1S/C20H19ClF3N3O2S2/c1-9(2)27-18(29)15-10(3)11(4)31-17(15)26-19(27)30-8-14(28)25-16-12(20(22,23)24)6-5-7-13(16)21/h5-7,9H,8H2,1-4H3,(H,25,28). The van der Waals surface area contributed by atoms with Crippen molar-refractivity contribution in [3.63, 3.8) is 0 Å². The van der Waals surface area contributed by atoms with Gasteiger partial charge in [0.15, 0.2) is 5.16 Å². The van der Waals surface area contributed by atoms with Gasteiger partial charge in [0.2, 0.25) is 5.91 Å². The van der Waals surface area contributed by atoms with E-state index in [1.165, 1.54) is 28.0 Å². The predicted octanol–water partition coefficient (Wildman–Crippen LogP) is 6.06. The second-order valence-electron chi connectivity index (χ2n) is 7.12. The summed E-state index contributed by atoms with van der Waals surface area (Å²) in [5, 5.41) is 2.92. The number of anilines is 1. The highest BCUT2D eigenvalue weighted by molar-refractivity contribution is 7.99. The first-order valence-electron chi connectivity index (χ1n) is 9.22. The molecule has 2 heterocycles. The molecule has 0 aliphatic rings. The van der Waals surface area contributed by atoms with Crippen molar-refractivity contribution in [3.05, 3.63) is 49.6 Å². The molecule has 0 saturated carbocycles. The van der Waals surface area contributed by atoms with Gasteiger partial charge >= 0.3 is 6.18 Å². The van der Waals surface area contributed by atoms with E-state index in [0.29, 0.717) is 15.4 Å². The minimum absolute atomic E-state index is 0.199. The second-order valence-corrected chi connectivity index (χ2v) is 9.68. The smallest absolute Gasteiger partial charge is 0.324 e. The van der Waals surface area contributed by atoms with Crippen molar-refractivity contribution in [2.45, 2.75) is 45.1 Å². The maximum absolute atomic E-state index is 13.2. The number of carbonyl (C=O) groups is 1. The Hall–Kier alpha value is -2.04. The summed E-state index contributed by atoms with van der Waals surface area (Å²) < 4.78 is 41.2. The van der Waals surface area contributed by atoms with Gasteiger partial charge in [-0.25, -0.2) is 4.98 Å². The highest BCUT2D eigenvalue weighted by Gasteiger charge is 2.34. The topological polar surface area (TPSA) is 64.0 Å². The van der Waals surface area contributed by atoms with E-state index >= 15 is 0 Å². The largest absolute Gasteiger partial charge is 0.418 e. The van der Waals surface area contributed by atoms with Gasteiger partial charge in [-0.1, -0.05) is 29.4 Å². The van der Waals surface area contributed by atoms with E-state index in [9.17, 15) is 22.8 Å². The fraction of sp³-hybridized carbons (Fsp3) is 0.350. The van der Waals surface area contributed by atoms with Crippen LogP contribution in [0.4, 0.5) is 18.9 Å². The van der Waals surface area contributed by atoms with Gasteiger partial charge in [0, 0.05) is 10.9 Å². The first-order chi connectivity index (χ1) is 14.4. The number of aryl methyl sites for hydroxylation is 2. The van der Waals surface area contributed by atoms with Gasteiger partial charge in [-0.2, -0.15) is 13.2 Å². The zero-order chi connectivity index (χ0) is 23.1. The molecular weight excluding hydrogens is 471 g/mol. The van der Waals surface area contributed by atoms with Crippen LogP contribution in [0.1, 0.15) is 35.9 Å². The van der Waals surface area contributed by atoms with Gasteiger partial charge in [0.1, 0.15) is 4.83 Å². The molecule has 0 radical (unpaired) electrons. The summed E-state index contributed by atoms with van der Waals surface area (Å²) in [7, 11) is 0.